The lowest BCUT2D eigenvalue weighted by molar-refractivity contribution is -0.132. The van der Waals surface area contributed by atoms with Gasteiger partial charge in [0.05, 0.1) is 13.2 Å². The lowest BCUT2D eigenvalue weighted by Gasteiger charge is -2.28. The third kappa shape index (κ3) is 6.29. The maximum atomic E-state index is 13.3. The molecule has 3 atom stereocenters. The SMILES string of the molecule is CCCCN(CCC)C(=O)CN1CC(c2ccc3c(c2)CCO3)CC1CCC1=NC=CC(C)C1. The summed E-state index contributed by atoms with van der Waals surface area (Å²) in [5.41, 5.74) is 4.07. The van der Waals surface area contributed by atoms with Crippen molar-refractivity contribution in [2.45, 2.75) is 84.1 Å². The van der Waals surface area contributed by atoms with Gasteiger partial charge >= 0.3 is 0 Å². The third-order valence-corrected chi connectivity index (χ3v) is 7.67. The lowest BCUT2D eigenvalue weighted by atomic mass is 9.92. The number of allylic oxidation sites excluding steroid dienone is 1. The van der Waals surface area contributed by atoms with E-state index in [9.17, 15) is 4.79 Å². The zero-order valence-corrected chi connectivity index (χ0v) is 21.5. The van der Waals surface area contributed by atoms with E-state index in [0.29, 0.717) is 30.3 Å². The standard InChI is InChI=1S/C29H43N3O2/c1-4-6-15-31(14-5-2)29(33)21-32-20-25(23-7-10-28-24(18-23)12-16-34-28)19-27(32)9-8-26-17-22(3)11-13-30-26/h7,10-11,13,18,22,25,27H,4-6,8-9,12,14-17,19-21H2,1-3H3. The van der Waals surface area contributed by atoms with E-state index in [-0.39, 0.29) is 0 Å². The fourth-order valence-corrected chi connectivity index (χ4v) is 5.72. The number of hydrogen-bond acceptors (Lipinski definition) is 4. The molecule has 5 heteroatoms. The summed E-state index contributed by atoms with van der Waals surface area (Å²) < 4.78 is 5.73. The highest BCUT2D eigenvalue weighted by atomic mass is 16.5. The second kappa shape index (κ2) is 12.0. The molecule has 1 aromatic carbocycles. The largest absolute Gasteiger partial charge is 0.493 e. The number of rotatable bonds is 11. The van der Waals surface area contributed by atoms with Gasteiger partial charge in [-0.05, 0) is 67.6 Å². The van der Waals surface area contributed by atoms with Gasteiger partial charge < -0.3 is 9.64 Å². The summed E-state index contributed by atoms with van der Waals surface area (Å²) in [4.78, 5) is 22.6. The molecule has 0 radical (unpaired) electrons. The van der Waals surface area contributed by atoms with Gasteiger partial charge in [0.1, 0.15) is 5.75 Å². The first-order valence-corrected chi connectivity index (χ1v) is 13.6. The molecule has 4 rings (SSSR count). The van der Waals surface area contributed by atoms with Gasteiger partial charge in [-0.15, -0.1) is 0 Å². The van der Waals surface area contributed by atoms with Crippen LogP contribution in [-0.4, -0.2) is 60.2 Å². The van der Waals surface area contributed by atoms with Gasteiger partial charge in [-0.1, -0.05) is 45.4 Å². The molecule has 1 amide bonds. The number of amides is 1. The summed E-state index contributed by atoms with van der Waals surface area (Å²) in [6.45, 7) is 10.7. The molecule has 3 unspecified atom stereocenters. The predicted molar refractivity (Wildman–Crippen MR) is 140 cm³/mol. The Bertz CT molecular complexity index is 893. The Morgan fingerprint density at radius 1 is 1.24 bits per heavy atom. The topological polar surface area (TPSA) is 45.1 Å². The van der Waals surface area contributed by atoms with Crippen LogP contribution in [-0.2, 0) is 11.2 Å². The summed E-state index contributed by atoms with van der Waals surface area (Å²) in [6.07, 6.45) is 12.7. The highest BCUT2D eigenvalue weighted by Gasteiger charge is 2.35. The fraction of sp³-hybridized carbons (Fsp3) is 0.655. The minimum Gasteiger partial charge on any atom is -0.493 e. The molecule has 186 valence electrons. The molecular formula is C29H43N3O2. The Labute approximate surface area is 206 Å². The first-order chi connectivity index (χ1) is 16.6. The molecule has 3 aliphatic rings. The lowest BCUT2D eigenvalue weighted by Crippen LogP contribution is -2.43. The number of carbonyl (C=O) groups is 1. The van der Waals surface area contributed by atoms with E-state index in [1.54, 1.807) is 0 Å². The Balaban J connectivity index is 1.45. The monoisotopic (exact) mass is 465 g/mol. The van der Waals surface area contributed by atoms with Crippen molar-refractivity contribution in [1.29, 1.82) is 0 Å². The second-order valence-corrected chi connectivity index (χ2v) is 10.5. The van der Waals surface area contributed by atoms with Crippen molar-refractivity contribution in [1.82, 2.24) is 9.80 Å². The second-order valence-electron chi connectivity index (χ2n) is 10.5. The van der Waals surface area contributed by atoms with E-state index < -0.39 is 0 Å². The Hall–Kier alpha value is -2.14. The number of likely N-dealkylation sites (tertiary alicyclic amines) is 1. The van der Waals surface area contributed by atoms with Crippen LogP contribution in [0.1, 0.15) is 82.8 Å². The molecule has 3 aliphatic heterocycles. The number of benzene rings is 1. The highest BCUT2D eigenvalue weighted by Crippen LogP contribution is 2.37. The van der Waals surface area contributed by atoms with Crippen LogP contribution in [0.2, 0.25) is 0 Å². The zero-order chi connectivity index (χ0) is 23.9. The van der Waals surface area contributed by atoms with Gasteiger partial charge in [0.25, 0.3) is 0 Å². The van der Waals surface area contributed by atoms with Crippen molar-refractivity contribution in [3.05, 3.63) is 41.6 Å². The Morgan fingerprint density at radius 3 is 2.91 bits per heavy atom. The number of hydrogen-bond donors (Lipinski definition) is 0. The molecule has 3 heterocycles. The average Bonchev–Trinajstić information content (AvgIpc) is 3.46. The van der Waals surface area contributed by atoms with Crippen LogP contribution in [0.4, 0.5) is 0 Å². The van der Waals surface area contributed by atoms with Crippen LogP contribution in [0, 0.1) is 5.92 Å². The first-order valence-electron chi connectivity index (χ1n) is 13.6. The van der Waals surface area contributed by atoms with Crippen LogP contribution in [0.3, 0.4) is 0 Å². The molecule has 1 aromatic rings. The average molecular weight is 466 g/mol. The number of nitrogens with zero attached hydrogens (tertiary/aromatic N) is 3. The molecule has 0 aliphatic carbocycles. The van der Waals surface area contributed by atoms with Gasteiger partial charge in [-0.2, -0.15) is 0 Å². The van der Waals surface area contributed by atoms with E-state index in [2.05, 4.69) is 59.8 Å². The van der Waals surface area contributed by atoms with Crippen molar-refractivity contribution >= 4 is 11.6 Å². The van der Waals surface area contributed by atoms with E-state index in [4.69, 9.17) is 4.74 Å². The van der Waals surface area contributed by atoms with Gasteiger partial charge in [0.2, 0.25) is 5.91 Å². The van der Waals surface area contributed by atoms with Crippen molar-refractivity contribution in [3.8, 4) is 5.75 Å². The summed E-state index contributed by atoms with van der Waals surface area (Å²) in [5, 5.41) is 0. The molecule has 5 nitrogen and oxygen atoms in total. The molecular weight excluding hydrogens is 422 g/mol. The Kier molecular flexibility index (Phi) is 8.82. The number of ether oxygens (including phenoxy) is 1. The van der Waals surface area contributed by atoms with Crippen LogP contribution < -0.4 is 4.74 Å². The van der Waals surface area contributed by atoms with Crippen LogP contribution >= 0.6 is 0 Å². The van der Waals surface area contributed by atoms with Crippen LogP contribution in [0.25, 0.3) is 0 Å². The number of carbonyl (C=O) groups excluding carboxylic acids is 1. The predicted octanol–water partition coefficient (Wildman–Crippen LogP) is 5.59. The summed E-state index contributed by atoms with van der Waals surface area (Å²) in [5.74, 6) is 2.41. The smallest absolute Gasteiger partial charge is 0.236 e. The minimum absolute atomic E-state index is 0.301. The van der Waals surface area contributed by atoms with Crippen molar-refractivity contribution < 1.29 is 9.53 Å². The third-order valence-electron chi connectivity index (χ3n) is 7.67. The molecule has 0 bridgehead atoms. The van der Waals surface area contributed by atoms with E-state index in [0.717, 1.165) is 83.4 Å². The van der Waals surface area contributed by atoms with Gasteiger partial charge in [0.15, 0.2) is 0 Å². The van der Waals surface area contributed by atoms with Crippen molar-refractivity contribution in [3.63, 3.8) is 0 Å². The number of aliphatic imine (C=N–C) groups is 1. The quantitative estimate of drug-likeness (QED) is 0.428. The normalized spacial score (nSPS) is 24.1. The first kappa shape index (κ1) is 25.0. The zero-order valence-electron chi connectivity index (χ0n) is 21.5. The summed E-state index contributed by atoms with van der Waals surface area (Å²) in [7, 11) is 0. The minimum atomic E-state index is 0.301. The van der Waals surface area contributed by atoms with Gasteiger partial charge in [-0.25, -0.2) is 0 Å². The Morgan fingerprint density at radius 2 is 2.12 bits per heavy atom. The van der Waals surface area contributed by atoms with Crippen molar-refractivity contribution in [2.24, 2.45) is 10.9 Å². The van der Waals surface area contributed by atoms with Gasteiger partial charge in [-0.3, -0.25) is 14.7 Å². The molecule has 0 spiro atoms. The number of unbranched alkanes of at least 4 members (excludes halogenated alkanes) is 1. The van der Waals surface area contributed by atoms with Crippen LogP contribution in [0.5, 0.6) is 5.75 Å². The molecule has 34 heavy (non-hydrogen) atoms. The van der Waals surface area contributed by atoms with E-state index in [1.165, 1.54) is 16.8 Å². The number of fused-ring (bicyclic) bond motifs is 1. The van der Waals surface area contributed by atoms with E-state index >= 15 is 0 Å². The molecule has 0 aromatic heterocycles. The summed E-state index contributed by atoms with van der Waals surface area (Å²) >= 11 is 0. The van der Waals surface area contributed by atoms with Crippen LogP contribution in [0.15, 0.2) is 35.5 Å². The maximum Gasteiger partial charge on any atom is 0.236 e. The maximum absolute atomic E-state index is 13.3. The van der Waals surface area contributed by atoms with E-state index in [1.807, 2.05) is 6.20 Å². The fourth-order valence-electron chi connectivity index (χ4n) is 5.72. The molecule has 1 fully saturated rings. The van der Waals surface area contributed by atoms with Gasteiger partial charge in [0, 0.05) is 44.0 Å². The van der Waals surface area contributed by atoms with Crippen molar-refractivity contribution in [2.75, 3.05) is 32.8 Å². The highest BCUT2D eigenvalue weighted by molar-refractivity contribution is 5.86. The molecule has 0 N–H and O–H groups in total. The molecule has 1 saturated heterocycles. The summed E-state index contributed by atoms with van der Waals surface area (Å²) in [6, 6.07) is 7.19. The molecule has 0 saturated carbocycles.